The number of ketones is 1. The summed E-state index contributed by atoms with van der Waals surface area (Å²) in [4.78, 5) is 13.4. The molecule has 0 radical (unpaired) electrons. The monoisotopic (exact) mass is 211 g/mol. The molecule has 3 nitrogen and oxygen atoms in total. The van der Waals surface area contributed by atoms with E-state index in [1.807, 2.05) is 13.0 Å². The van der Waals surface area contributed by atoms with Gasteiger partial charge < -0.3 is 4.74 Å². The van der Waals surface area contributed by atoms with Gasteiger partial charge in [-0.25, -0.2) is 0 Å². The Morgan fingerprint density at radius 1 is 1.60 bits per heavy atom. The van der Waals surface area contributed by atoms with Gasteiger partial charge in [0.15, 0.2) is 5.78 Å². The van der Waals surface area contributed by atoms with Crippen LogP contribution in [0.15, 0.2) is 12.2 Å². The van der Waals surface area contributed by atoms with E-state index in [-0.39, 0.29) is 5.78 Å². The lowest BCUT2D eigenvalue weighted by molar-refractivity contribution is -0.114. The molecule has 0 aromatic rings. The largest absolute Gasteiger partial charge is 0.384 e. The first-order valence-corrected chi connectivity index (χ1v) is 5.67. The molecule has 0 unspecified atom stereocenters. The highest BCUT2D eigenvalue weighted by atomic mass is 16.5. The van der Waals surface area contributed by atoms with E-state index in [0.29, 0.717) is 12.3 Å². The Kier molecular flexibility index (Phi) is 5.58. The number of nitrogens with zero attached hydrogens (tertiary/aromatic N) is 1. The smallest absolute Gasteiger partial charge is 0.155 e. The zero-order chi connectivity index (χ0) is 11.1. The molecule has 1 saturated heterocycles. The number of hydrogen-bond donors (Lipinski definition) is 0. The van der Waals surface area contributed by atoms with Crippen LogP contribution in [0.4, 0.5) is 0 Å². The Bertz CT molecular complexity index is 226. The van der Waals surface area contributed by atoms with Crippen LogP contribution < -0.4 is 0 Å². The van der Waals surface area contributed by atoms with E-state index >= 15 is 0 Å². The van der Waals surface area contributed by atoms with E-state index in [1.54, 1.807) is 13.2 Å². The predicted octanol–water partition coefficient (Wildman–Crippen LogP) is 1.49. The summed E-state index contributed by atoms with van der Waals surface area (Å²) in [7, 11) is 1.75. The Balaban J connectivity index is 2.18. The van der Waals surface area contributed by atoms with Gasteiger partial charge in [0.25, 0.3) is 0 Å². The van der Waals surface area contributed by atoms with Gasteiger partial charge in [0.05, 0.1) is 6.61 Å². The molecule has 86 valence electrons. The quantitative estimate of drug-likeness (QED) is 0.623. The molecular weight excluding hydrogens is 190 g/mol. The van der Waals surface area contributed by atoms with Crippen molar-refractivity contribution in [1.29, 1.82) is 0 Å². The van der Waals surface area contributed by atoms with Crippen LogP contribution in [0.2, 0.25) is 0 Å². The third-order valence-corrected chi connectivity index (χ3v) is 2.79. The van der Waals surface area contributed by atoms with E-state index in [0.717, 1.165) is 26.2 Å². The van der Waals surface area contributed by atoms with Crippen LogP contribution in [0.1, 0.15) is 19.8 Å². The Labute approximate surface area is 92.1 Å². The molecule has 0 saturated carbocycles. The summed E-state index contributed by atoms with van der Waals surface area (Å²) in [5.74, 6) is 0.882. The minimum absolute atomic E-state index is 0.211. The number of ether oxygens (including phenoxy) is 1. The molecule has 1 fully saturated rings. The number of likely N-dealkylation sites (tertiary alicyclic amines) is 1. The minimum Gasteiger partial charge on any atom is -0.384 e. The normalized spacial score (nSPS) is 22.7. The molecule has 1 heterocycles. The molecule has 0 spiro atoms. The summed E-state index contributed by atoms with van der Waals surface area (Å²) in [6.45, 7) is 5.86. The molecule has 0 aliphatic carbocycles. The number of carbonyl (C=O) groups is 1. The van der Waals surface area contributed by atoms with E-state index in [4.69, 9.17) is 4.74 Å². The number of hydrogen-bond acceptors (Lipinski definition) is 3. The van der Waals surface area contributed by atoms with Gasteiger partial charge in [0, 0.05) is 26.6 Å². The third-order valence-electron chi connectivity index (χ3n) is 2.79. The predicted molar refractivity (Wildman–Crippen MR) is 60.9 cm³/mol. The van der Waals surface area contributed by atoms with Crippen molar-refractivity contribution in [2.75, 3.05) is 33.4 Å². The second-order valence-corrected chi connectivity index (χ2v) is 4.09. The van der Waals surface area contributed by atoms with Gasteiger partial charge >= 0.3 is 0 Å². The fraction of sp³-hybridized carbons (Fsp3) is 0.750. The van der Waals surface area contributed by atoms with Gasteiger partial charge in [-0.3, -0.25) is 9.69 Å². The van der Waals surface area contributed by atoms with Crippen molar-refractivity contribution in [2.24, 2.45) is 5.92 Å². The van der Waals surface area contributed by atoms with Crippen molar-refractivity contribution in [3.8, 4) is 0 Å². The van der Waals surface area contributed by atoms with Crippen LogP contribution in [0, 0.1) is 5.92 Å². The lowest BCUT2D eigenvalue weighted by Gasteiger charge is -2.12. The van der Waals surface area contributed by atoms with E-state index < -0.39 is 0 Å². The standard InChI is InChI=1S/C12H21NO2/c1-3-12(14)5-4-7-13-8-6-11(9-13)10-15-2/h4-5,11H,3,6-10H2,1-2H3/b5-4+/t11-/m0/s1. The molecule has 1 atom stereocenters. The maximum Gasteiger partial charge on any atom is 0.155 e. The maximum atomic E-state index is 11.0. The Morgan fingerprint density at radius 2 is 2.40 bits per heavy atom. The van der Waals surface area contributed by atoms with Crippen LogP contribution >= 0.6 is 0 Å². The van der Waals surface area contributed by atoms with Crippen molar-refractivity contribution in [3.63, 3.8) is 0 Å². The van der Waals surface area contributed by atoms with E-state index in [9.17, 15) is 4.79 Å². The Hall–Kier alpha value is -0.670. The van der Waals surface area contributed by atoms with E-state index in [1.165, 1.54) is 6.42 Å². The minimum atomic E-state index is 0.211. The molecule has 0 aromatic carbocycles. The van der Waals surface area contributed by atoms with Gasteiger partial charge in [-0.2, -0.15) is 0 Å². The average Bonchev–Trinajstić information content (AvgIpc) is 2.66. The molecule has 0 bridgehead atoms. The fourth-order valence-corrected chi connectivity index (χ4v) is 1.90. The number of allylic oxidation sites excluding steroid dienone is 1. The average molecular weight is 211 g/mol. The van der Waals surface area contributed by atoms with Crippen molar-refractivity contribution in [2.45, 2.75) is 19.8 Å². The zero-order valence-corrected chi connectivity index (χ0v) is 9.74. The summed E-state index contributed by atoms with van der Waals surface area (Å²) in [6.07, 6.45) is 5.48. The molecule has 0 N–H and O–H groups in total. The number of rotatable bonds is 6. The summed E-state index contributed by atoms with van der Waals surface area (Å²) in [5, 5.41) is 0. The summed E-state index contributed by atoms with van der Waals surface area (Å²) in [6, 6.07) is 0. The highest BCUT2D eigenvalue weighted by Gasteiger charge is 2.20. The summed E-state index contributed by atoms with van der Waals surface area (Å²) >= 11 is 0. The van der Waals surface area contributed by atoms with Crippen LogP contribution in [0.3, 0.4) is 0 Å². The molecule has 1 rings (SSSR count). The van der Waals surface area contributed by atoms with Crippen LogP contribution in [0.25, 0.3) is 0 Å². The lowest BCUT2D eigenvalue weighted by Crippen LogP contribution is -2.21. The van der Waals surface area contributed by atoms with E-state index in [2.05, 4.69) is 4.90 Å². The van der Waals surface area contributed by atoms with Crippen molar-refractivity contribution < 1.29 is 9.53 Å². The molecule has 0 aromatic heterocycles. The lowest BCUT2D eigenvalue weighted by atomic mass is 10.1. The first kappa shape index (κ1) is 12.4. The molecular formula is C12H21NO2. The molecule has 1 aliphatic rings. The molecule has 0 amide bonds. The fourth-order valence-electron chi connectivity index (χ4n) is 1.90. The van der Waals surface area contributed by atoms with Crippen LogP contribution in [-0.2, 0) is 9.53 Å². The van der Waals surface area contributed by atoms with Gasteiger partial charge in [-0.05, 0) is 25.0 Å². The number of carbonyl (C=O) groups excluding carboxylic acids is 1. The number of methoxy groups -OCH3 is 1. The van der Waals surface area contributed by atoms with Crippen LogP contribution in [0.5, 0.6) is 0 Å². The van der Waals surface area contributed by atoms with Gasteiger partial charge in [-0.1, -0.05) is 13.0 Å². The van der Waals surface area contributed by atoms with Gasteiger partial charge in [-0.15, -0.1) is 0 Å². The highest BCUT2D eigenvalue weighted by molar-refractivity contribution is 5.89. The second-order valence-electron chi connectivity index (χ2n) is 4.09. The van der Waals surface area contributed by atoms with Crippen molar-refractivity contribution >= 4 is 5.78 Å². The highest BCUT2D eigenvalue weighted by Crippen LogP contribution is 2.15. The topological polar surface area (TPSA) is 29.5 Å². The molecule has 1 aliphatic heterocycles. The third kappa shape index (κ3) is 4.58. The SMILES string of the molecule is CCC(=O)/C=C/CN1CC[C@H](COC)C1. The Morgan fingerprint density at radius 3 is 3.07 bits per heavy atom. The second kappa shape index (κ2) is 6.75. The van der Waals surface area contributed by atoms with Crippen LogP contribution in [-0.4, -0.2) is 44.0 Å². The molecule has 3 heteroatoms. The van der Waals surface area contributed by atoms with Gasteiger partial charge in [0.2, 0.25) is 0 Å². The maximum absolute atomic E-state index is 11.0. The molecule has 15 heavy (non-hydrogen) atoms. The summed E-state index contributed by atoms with van der Waals surface area (Å²) in [5.41, 5.74) is 0. The van der Waals surface area contributed by atoms with Crippen molar-refractivity contribution in [1.82, 2.24) is 4.90 Å². The first-order valence-electron chi connectivity index (χ1n) is 5.67. The summed E-state index contributed by atoms with van der Waals surface area (Å²) < 4.78 is 5.14. The van der Waals surface area contributed by atoms with Crippen molar-refractivity contribution in [3.05, 3.63) is 12.2 Å². The van der Waals surface area contributed by atoms with Gasteiger partial charge in [0.1, 0.15) is 0 Å². The zero-order valence-electron chi connectivity index (χ0n) is 9.74. The first-order chi connectivity index (χ1) is 7.26.